The smallest absolute Gasteiger partial charge is 0.137 e. The molecular formula is C16H15BrO2. The van der Waals surface area contributed by atoms with Crippen LogP contribution in [0.2, 0.25) is 0 Å². The summed E-state index contributed by atoms with van der Waals surface area (Å²) in [6.07, 6.45) is 4.09. The zero-order valence-corrected chi connectivity index (χ0v) is 12.5. The highest BCUT2D eigenvalue weighted by Crippen LogP contribution is 2.36. The summed E-state index contributed by atoms with van der Waals surface area (Å²) in [5.41, 5.74) is 2.18. The van der Waals surface area contributed by atoms with Crippen molar-refractivity contribution in [3.63, 3.8) is 0 Å². The number of methoxy groups -OCH3 is 2. The third-order valence-electron chi connectivity index (χ3n) is 2.74. The first-order chi connectivity index (χ1) is 9.24. The van der Waals surface area contributed by atoms with Crippen LogP contribution in [0.5, 0.6) is 11.5 Å². The summed E-state index contributed by atoms with van der Waals surface area (Å²) in [4.78, 5) is 0. The topological polar surface area (TPSA) is 18.5 Å². The van der Waals surface area contributed by atoms with E-state index in [0.29, 0.717) is 0 Å². The maximum absolute atomic E-state index is 5.32. The molecule has 0 aliphatic carbocycles. The van der Waals surface area contributed by atoms with Crippen molar-refractivity contribution in [2.45, 2.75) is 0 Å². The minimum absolute atomic E-state index is 0.757. The lowest BCUT2D eigenvalue weighted by molar-refractivity contribution is 0.389. The summed E-state index contributed by atoms with van der Waals surface area (Å²) in [7, 11) is 3.29. The summed E-state index contributed by atoms with van der Waals surface area (Å²) >= 11 is 3.46. The van der Waals surface area contributed by atoms with Crippen LogP contribution in [0, 0.1) is 0 Å². The van der Waals surface area contributed by atoms with Crippen LogP contribution in [0.1, 0.15) is 11.1 Å². The first kappa shape index (κ1) is 13.7. The van der Waals surface area contributed by atoms with E-state index in [1.165, 1.54) is 0 Å². The summed E-state index contributed by atoms with van der Waals surface area (Å²) in [5, 5.41) is 0. The number of halogens is 1. The van der Waals surface area contributed by atoms with Crippen molar-refractivity contribution in [3.05, 3.63) is 58.1 Å². The van der Waals surface area contributed by atoms with Gasteiger partial charge in [-0.1, -0.05) is 42.5 Å². The van der Waals surface area contributed by atoms with E-state index in [9.17, 15) is 0 Å². The molecule has 2 aromatic carbocycles. The monoisotopic (exact) mass is 318 g/mol. The Labute approximate surface area is 121 Å². The van der Waals surface area contributed by atoms with Gasteiger partial charge in [-0.3, -0.25) is 0 Å². The lowest BCUT2D eigenvalue weighted by Gasteiger charge is -2.09. The molecule has 0 heterocycles. The standard InChI is InChI=1S/C16H15BrO2/c1-18-14-10-13(11-15(19-2)16(14)17)9-8-12-6-4-3-5-7-12/h3-11H,1-2H3. The highest BCUT2D eigenvalue weighted by Gasteiger charge is 2.08. The first-order valence-electron chi connectivity index (χ1n) is 5.89. The SMILES string of the molecule is COc1cc(C=Cc2ccccc2)cc(OC)c1Br. The van der Waals surface area contributed by atoms with Crippen molar-refractivity contribution in [1.29, 1.82) is 0 Å². The van der Waals surface area contributed by atoms with E-state index >= 15 is 0 Å². The molecule has 2 aromatic rings. The summed E-state index contributed by atoms with van der Waals surface area (Å²) in [6, 6.07) is 14.1. The Kier molecular flexibility index (Phi) is 4.63. The van der Waals surface area contributed by atoms with Crippen LogP contribution in [0.15, 0.2) is 46.9 Å². The molecule has 0 fully saturated rings. The molecule has 19 heavy (non-hydrogen) atoms. The van der Waals surface area contributed by atoms with Crippen LogP contribution in [-0.4, -0.2) is 14.2 Å². The van der Waals surface area contributed by atoms with Gasteiger partial charge in [0.15, 0.2) is 0 Å². The number of benzene rings is 2. The van der Waals surface area contributed by atoms with Crippen LogP contribution in [0.4, 0.5) is 0 Å². The summed E-state index contributed by atoms with van der Waals surface area (Å²) in [6.45, 7) is 0. The van der Waals surface area contributed by atoms with Crippen molar-refractivity contribution in [3.8, 4) is 11.5 Å². The third-order valence-corrected chi connectivity index (χ3v) is 3.52. The van der Waals surface area contributed by atoms with Crippen molar-refractivity contribution in [2.24, 2.45) is 0 Å². The van der Waals surface area contributed by atoms with Gasteiger partial charge in [-0.2, -0.15) is 0 Å². The first-order valence-corrected chi connectivity index (χ1v) is 6.68. The number of hydrogen-bond acceptors (Lipinski definition) is 2. The third kappa shape index (κ3) is 3.38. The van der Waals surface area contributed by atoms with Gasteiger partial charge in [0.05, 0.1) is 14.2 Å². The number of hydrogen-bond donors (Lipinski definition) is 0. The van der Waals surface area contributed by atoms with E-state index in [2.05, 4.69) is 34.1 Å². The van der Waals surface area contributed by atoms with E-state index in [-0.39, 0.29) is 0 Å². The Morgan fingerprint density at radius 2 is 1.37 bits per heavy atom. The van der Waals surface area contributed by atoms with Crippen molar-refractivity contribution in [2.75, 3.05) is 14.2 Å². The van der Waals surface area contributed by atoms with Gasteiger partial charge in [-0.25, -0.2) is 0 Å². The molecule has 0 radical (unpaired) electrons. The molecule has 0 saturated heterocycles. The van der Waals surface area contributed by atoms with E-state index in [1.807, 2.05) is 36.4 Å². The van der Waals surface area contributed by atoms with Crippen LogP contribution in [0.25, 0.3) is 12.2 Å². The Balaban J connectivity index is 2.33. The van der Waals surface area contributed by atoms with Crippen molar-refractivity contribution >= 4 is 28.1 Å². The molecule has 0 saturated carbocycles. The normalized spacial score (nSPS) is 10.7. The quantitative estimate of drug-likeness (QED) is 0.765. The molecule has 3 heteroatoms. The Morgan fingerprint density at radius 1 is 0.842 bits per heavy atom. The predicted molar refractivity (Wildman–Crippen MR) is 82.6 cm³/mol. The second-order valence-corrected chi connectivity index (χ2v) is 4.78. The second-order valence-electron chi connectivity index (χ2n) is 3.98. The molecule has 0 unspecified atom stereocenters. The predicted octanol–water partition coefficient (Wildman–Crippen LogP) is 4.64. The second kappa shape index (κ2) is 6.43. The van der Waals surface area contributed by atoms with Gasteiger partial charge in [-0.05, 0) is 39.2 Å². The lowest BCUT2D eigenvalue weighted by atomic mass is 10.1. The van der Waals surface area contributed by atoms with E-state index in [1.54, 1.807) is 14.2 Å². The van der Waals surface area contributed by atoms with Gasteiger partial charge in [0, 0.05) is 0 Å². The molecule has 0 atom stereocenters. The molecule has 0 amide bonds. The fourth-order valence-electron chi connectivity index (χ4n) is 1.74. The average Bonchev–Trinajstić information content (AvgIpc) is 2.47. The lowest BCUT2D eigenvalue weighted by Crippen LogP contribution is -1.90. The zero-order valence-electron chi connectivity index (χ0n) is 10.9. The molecule has 0 spiro atoms. The molecule has 0 N–H and O–H groups in total. The molecule has 0 bridgehead atoms. The number of rotatable bonds is 4. The summed E-state index contributed by atoms with van der Waals surface area (Å²) < 4.78 is 11.5. The van der Waals surface area contributed by atoms with E-state index in [0.717, 1.165) is 27.1 Å². The largest absolute Gasteiger partial charge is 0.495 e. The molecule has 0 aliphatic rings. The van der Waals surface area contributed by atoms with Crippen molar-refractivity contribution in [1.82, 2.24) is 0 Å². The van der Waals surface area contributed by atoms with E-state index < -0.39 is 0 Å². The molecule has 0 aromatic heterocycles. The Morgan fingerprint density at radius 3 is 1.89 bits per heavy atom. The fourth-order valence-corrected chi connectivity index (χ4v) is 2.30. The minimum atomic E-state index is 0.757. The Hall–Kier alpha value is -1.74. The van der Waals surface area contributed by atoms with Gasteiger partial charge in [0.1, 0.15) is 16.0 Å². The molecule has 0 aliphatic heterocycles. The van der Waals surface area contributed by atoms with Gasteiger partial charge in [0.2, 0.25) is 0 Å². The molecule has 2 nitrogen and oxygen atoms in total. The van der Waals surface area contributed by atoms with Gasteiger partial charge < -0.3 is 9.47 Å². The molecular weight excluding hydrogens is 304 g/mol. The van der Waals surface area contributed by atoms with Crippen LogP contribution in [-0.2, 0) is 0 Å². The van der Waals surface area contributed by atoms with Crippen molar-refractivity contribution < 1.29 is 9.47 Å². The van der Waals surface area contributed by atoms with E-state index in [4.69, 9.17) is 9.47 Å². The fraction of sp³-hybridized carbons (Fsp3) is 0.125. The maximum Gasteiger partial charge on any atom is 0.137 e. The van der Waals surface area contributed by atoms with Crippen LogP contribution < -0.4 is 9.47 Å². The van der Waals surface area contributed by atoms with Crippen LogP contribution in [0.3, 0.4) is 0 Å². The van der Waals surface area contributed by atoms with Gasteiger partial charge in [-0.15, -0.1) is 0 Å². The highest BCUT2D eigenvalue weighted by molar-refractivity contribution is 9.10. The molecule has 98 valence electrons. The van der Waals surface area contributed by atoms with Gasteiger partial charge in [0.25, 0.3) is 0 Å². The average molecular weight is 319 g/mol. The zero-order chi connectivity index (χ0) is 13.7. The minimum Gasteiger partial charge on any atom is -0.495 e. The Bertz CT molecular complexity index is 552. The summed E-state index contributed by atoms with van der Waals surface area (Å²) in [5.74, 6) is 1.51. The maximum atomic E-state index is 5.32. The highest BCUT2D eigenvalue weighted by atomic mass is 79.9. The number of ether oxygens (including phenoxy) is 2. The van der Waals surface area contributed by atoms with Gasteiger partial charge >= 0.3 is 0 Å². The van der Waals surface area contributed by atoms with Crippen LogP contribution >= 0.6 is 15.9 Å². The molecule has 2 rings (SSSR count).